The molecule has 1 aliphatic rings. The number of rotatable bonds is 4. The molecule has 126 valence electrons. The van der Waals surface area contributed by atoms with Crippen LogP contribution < -0.4 is 10.6 Å². The molecule has 0 unspecified atom stereocenters. The highest BCUT2D eigenvalue weighted by atomic mass is 19.1. The summed E-state index contributed by atoms with van der Waals surface area (Å²) in [7, 11) is 1.70. The Labute approximate surface area is 136 Å². The van der Waals surface area contributed by atoms with Crippen LogP contribution in [0.3, 0.4) is 0 Å². The highest BCUT2D eigenvalue weighted by Crippen LogP contribution is 2.30. The fourth-order valence-corrected chi connectivity index (χ4v) is 2.88. The third kappa shape index (κ3) is 4.21. The van der Waals surface area contributed by atoms with Crippen LogP contribution in [-0.4, -0.2) is 36.5 Å². The van der Waals surface area contributed by atoms with Crippen molar-refractivity contribution in [3.05, 3.63) is 35.1 Å². The van der Waals surface area contributed by atoms with Crippen LogP contribution in [0.2, 0.25) is 0 Å². The van der Waals surface area contributed by atoms with Gasteiger partial charge in [0.25, 0.3) is 0 Å². The highest BCUT2D eigenvalue weighted by Gasteiger charge is 2.24. The van der Waals surface area contributed by atoms with Crippen LogP contribution in [0, 0.1) is 5.82 Å². The van der Waals surface area contributed by atoms with Crippen molar-refractivity contribution < 1.29 is 14.0 Å². The Bertz CT molecular complexity index is 591. The molecule has 0 spiro atoms. The number of fused-ring (bicyclic) bond motifs is 1. The van der Waals surface area contributed by atoms with Gasteiger partial charge in [-0.15, -0.1) is 0 Å². The van der Waals surface area contributed by atoms with E-state index in [0.717, 1.165) is 30.4 Å². The summed E-state index contributed by atoms with van der Waals surface area (Å²) in [5, 5.41) is 5.56. The first-order valence-corrected chi connectivity index (χ1v) is 8.02. The van der Waals surface area contributed by atoms with Gasteiger partial charge in [-0.1, -0.05) is 6.07 Å². The van der Waals surface area contributed by atoms with Crippen molar-refractivity contribution in [3.63, 3.8) is 0 Å². The van der Waals surface area contributed by atoms with E-state index in [0.29, 0.717) is 6.54 Å². The summed E-state index contributed by atoms with van der Waals surface area (Å²) in [6.07, 6.45) is 2.53. The lowest BCUT2D eigenvalue weighted by Crippen LogP contribution is -2.49. The number of carbonyl (C=O) groups excluding carboxylic acids is 2. The molecule has 23 heavy (non-hydrogen) atoms. The van der Waals surface area contributed by atoms with Gasteiger partial charge in [-0.05, 0) is 56.4 Å². The first-order valence-electron chi connectivity index (χ1n) is 8.02. The molecule has 1 aliphatic carbocycles. The normalized spacial score (nSPS) is 17.8. The molecule has 3 amide bonds. The van der Waals surface area contributed by atoms with Crippen molar-refractivity contribution in [1.82, 2.24) is 15.5 Å². The third-order valence-electron chi connectivity index (χ3n) is 4.29. The highest BCUT2D eigenvalue weighted by molar-refractivity contribution is 5.86. The number of halogens is 1. The number of aryl methyl sites for hydroxylation is 1. The van der Waals surface area contributed by atoms with Crippen LogP contribution in [0.15, 0.2) is 18.2 Å². The Balaban J connectivity index is 1.98. The summed E-state index contributed by atoms with van der Waals surface area (Å²) in [6.45, 7) is 4.13. The topological polar surface area (TPSA) is 61.4 Å². The number of nitrogens with zero attached hydrogens (tertiary/aromatic N) is 1. The maximum Gasteiger partial charge on any atom is 0.315 e. The number of benzene rings is 1. The zero-order chi connectivity index (χ0) is 17.0. The van der Waals surface area contributed by atoms with E-state index in [1.165, 1.54) is 12.1 Å². The predicted octanol–water partition coefficient (Wildman–Crippen LogP) is 2.37. The Morgan fingerprint density at radius 3 is 2.87 bits per heavy atom. The average Bonchev–Trinajstić information content (AvgIpc) is 2.53. The Kier molecular flexibility index (Phi) is 5.58. The number of likely N-dealkylation sites (N-methyl/N-ethyl adjacent to an activating group) is 1. The fraction of sp³-hybridized carbons (Fsp3) is 0.529. The summed E-state index contributed by atoms with van der Waals surface area (Å²) < 4.78 is 13.3. The largest absolute Gasteiger partial charge is 0.344 e. The number of hydrogen-bond acceptors (Lipinski definition) is 2. The van der Waals surface area contributed by atoms with E-state index in [4.69, 9.17) is 0 Å². The van der Waals surface area contributed by atoms with Gasteiger partial charge < -0.3 is 15.5 Å². The lowest BCUT2D eigenvalue weighted by Gasteiger charge is -2.27. The van der Waals surface area contributed by atoms with E-state index >= 15 is 0 Å². The standard InChI is InChI=1S/C17H24FN3O2/c1-4-21(3)16(22)11(2)19-17(23)20-15-7-5-6-12-10-13(18)8-9-14(12)15/h8-11,15H,4-7H2,1-3H3,(H2,19,20,23)/t11-,15-/m1/s1. The lowest BCUT2D eigenvalue weighted by atomic mass is 9.87. The van der Waals surface area contributed by atoms with E-state index < -0.39 is 6.04 Å². The van der Waals surface area contributed by atoms with Gasteiger partial charge in [-0.3, -0.25) is 4.79 Å². The van der Waals surface area contributed by atoms with Crippen LogP contribution in [0.4, 0.5) is 9.18 Å². The molecule has 5 nitrogen and oxygen atoms in total. The van der Waals surface area contributed by atoms with E-state index in [1.54, 1.807) is 24.9 Å². The van der Waals surface area contributed by atoms with Crippen LogP contribution in [0.5, 0.6) is 0 Å². The fourth-order valence-electron chi connectivity index (χ4n) is 2.88. The molecule has 2 N–H and O–H groups in total. The molecule has 0 heterocycles. The maximum absolute atomic E-state index is 13.3. The second-order valence-electron chi connectivity index (χ2n) is 5.98. The van der Waals surface area contributed by atoms with Gasteiger partial charge in [-0.25, -0.2) is 9.18 Å². The number of carbonyl (C=O) groups is 2. The third-order valence-corrected chi connectivity index (χ3v) is 4.29. The molecule has 6 heteroatoms. The van der Waals surface area contributed by atoms with Gasteiger partial charge in [0.05, 0.1) is 6.04 Å². The van der Waals surface area contributed by atoms with Gasteiger partial charge in [0, 0.05) is 13.6 Å². The Morgan fingerprint density at radius 2 is 2.17 bits per heavy atom. The predicted molar refractivity (Wildman–Crippen MR) is 86.5 cm³/mol. The molecule has 2 atom stereocenters. The first kappa shape index (κ1) is 17.2. The summed E-state index contributed by atoms with van der Waals surface area (Å²) in [5.74, 6) is -0.385. The van der Waals surface area contributed by atoms with Crippen molar-refractivity contribution in [3.8, 4) is 0 Å². The lowest BCUT2D eigenvalue weighted by molar-refractivity contribution is -0.131. The molecule has 0 saturated heterocycles. The van der Waals surface area contributed by atoms with Gasteiger partial charge in [0.1, 0.15) is 11.9 Å². The van der Waals surface area contributed by atoms with E-state index in [9.17, 15) is 14.0 Å². The van der Waals surface area contributed by atoms with Gasteiger partial charge in [0.15, 0.2) is 0 Å². The van der Waals surface area contributed by atoms with Crippen LogP contribution in [0.1, 0.15) is 43.9 Å². The van der Waals surface area contributed by atoms with E-state index in [-0.39, 0.29) is 23.8 Å². The summed E-state index contributed by atoms with van der Waals surface area (Å²) in [4.78, 5) is 25.7. The van der Waals surface area contributed by atoms with Crippen molar-refractivity contribution in [2.45, 2.75) is 45.2 Å². The molecule has 2 rings (SSSR count). The number of amides is 3. The summed E-state index contributed by atoms with van der Waals surface area (Å²) in [6, 6.07) is 3.57. The molecular formula is C17H24FN3O2. The van der Waals surface area contributed by atoms with Crippen molar-refractivity contribution in [2.24, 2.45) is 0 Å². The monoisotopic (exact) mass is 321 g/mol. The molecular weight excluding hydrogens is 297 g/mol. The molecule has 0 aromatic heterocycles. The second-order valence-corrected chi connectivity index (χ2v) is 5.98. The molecule has 0 saturated carbocycles. The minimum Gasteiger partial charge on any atom is -0.344 e. The number of urea groups is 1. The minimum absolute atomic E-state index is 0.131. The number of nitrogens with one attached hydrogen (secondary N) is 2. The van der Waals surface area contributed by atoms with Crippen molar-refractivity contribution in [2.75, 3.05) is 13.6 Å². The quantitative estimate of drug-likeness (QED) is 0.894. The minimum atomic E-state index is -0.587. The molecule has 1 aromatic rings. The average molecular weight is 321 g/mol. The smallest absolute Gasteiger partial charge is 0.315 e. The second kappa shape index (κ2) is 7.44. The maximum atomic E-state index is 13.3. The molecule has 0 bridgehead atoms. The van der Waals surface area contributed by atoms with Crippen LogP contribution in [0.25, 0.3) is 0 Å². The van der Waals surface area contributed by atoms with E-state index in [1.807, 2.05) is 6.92 Å². The van der Waals surface area contributed by atoms with Gasteiger partial charge in [-0.2, -0.15) is 0 Å². The molecule has 0 fully saturated rings. The Hall–Kier alpha value is -2.11. The van der Waals surface area contributed by atoms with Gasteiger partial charge >= 0.3 is 6.03 Å². The first-order chi connectivity index (χ1) is 10.9. The van der Waals surface area contributed by atoms with Crippen molar-refractivity contribution in [1.29, 1.82) is 0 Å². The number of hydrogen-bond donors (Lipinski definition) is 2. The van der Waals surface area contributed by atoms with Crippen LogP contribution in [-0.2, 0) is 11.2 Å². The molecule has 0 aliphatic heterocycles. The summed E-state index contributed by atoms with van der Waals surface area (Å²) >= 11 is 0. The van der Waals surface area contributed by atoms with Crippen molar-refractivity contribution >= 4 is 11.9 Å². The zero-order valence-electron chi connectivity index (χ0n) is 13.9. The van der Waals surface area contributed by atoms with Crippen LogP contribution >= 0.6 is 0 Å². The molecule has 0 radical (unpaired) electrons. The summed E-state index contributed by atoms with van der Waals surface area (Å²) in [5.41, 5.74) is 1.90. The zero-order valence-corrected chi connectivity index (χ0v) is 13.9. The van der Waals surface area contributed by atoms with E-state index in [2.05, 4.69) is 10.6 Å². The SMILES string of the molecule is CCN(C)C(=O)[C@@H](C)NC(=O)N[C@@H]1CCCc2cc(F)ccc21. The molecule has 1 aromatic carbocycles. The van der Waals surface area contributed by atoms with Gasteiger partial charge in [0.2, 0.25) is 5.91 Å². The Morgan fingerprint density at radius 1 is 1.43 bits per heavy atom.